The fraction of sp³-hybridized carbons (Fsp3) is 0.400. The largest absolute Gasteiger partial charge is 0.493 e. The molecule has 2 rings (SSSR count). The molecule has 76 valence electrons. The van der Waals surface area contributed by atoms with E-state index in [4.69, 9.17) is 15.6 Å². The van der Waals surface area contributed by atoms with E-state index in [2.05, 4.69) is 0 Å². The zero-order chi connectivity index (χ0) is 10.1. The molecule has 0 bridgehead atoms. The van der Waals surface area contributed by atoms with Crippen LogP contribution in [0.4, 0.5) is 4.39 Å². The Labute approximate surface area is 81.3 Å². The van der Waals surface area contributed by atoms with Crippen LogP contribution in [0.3, 0.4) is 0 Å². The van der Waals surface area contributed by atoms with Crippen molar-refractivity contribution in [1.82, 2.24) is 0 Å². The monoisotopic (exact) mass is 197 g/mol. The minimum absolute atomic E-state index is 0.195. The average molecular weight is 197 g/mol. The fourth-order valence-electron chi connectivity index (χ4n) is 1.69. The highest BCUT2D eigenvalue weighted by atomic mass is 19.1. The minimum Gasteiger partial charge on any atom is -0.493 e. The standard InChI is InChI=1S/C10H12FNO2/c11-7-3-6(5-13)10-8(4-7)9(12)1-2-14-10/h3-4,9,13H,1-2,5,12H2/t9-/m0/s1. The topological polar surface area (TPSA) is 55.5 Å². The highest BCUT2D eigenvalue weighted by Crippen LogP contribution is 2.34. The molecule has 1 heterocycles. The second-order valence-electron chi connectivity index (χ2n) is 3.39. The van der Waals surface area contributed by atoms with Gasteiger partial charge in [-0.05, 0) is 12.1 Å². The van der Waals surface area contributed by atoms with Gasteiger partial charge in [0.05, 0.1) is 13.2 Å². The van der Waals surface area contributed by atoms with E-state index in [9.17, 15) is 4.39 Å². The molecule has 0 saturated carbocycles. The molecule has 0 saturated heterocycles. The van der Waals surface area contributed by atoms with Crippen LogP contribution in [0.25, 0.3) is 0 Å². The highest BCUT2D eigenvalue weighted by molar-refractivity contribution is 5.44. The number of halogens is 1. The first-order valence-corrected chi connectivity index (χ1v) is 4.54. The van der Waals surface area contributed by atoms with Crippen LogP contribution in [0, 0.1) is 5.82 Å². The van der Waals surface area contributed by atoms with Gasteiger partial charge in [-0.2, -0.15) is 0 Å². The van der Waals surface area contributed by atoms with Crippen LogP contribution in [0.15, 0.2) is 12.1 Å². The molecule has 0 spiro atoms. The molecule has 14 heavy (non-hydrogen) atoms. The summed E-state index contributed by atoms with van der Waals surface area (Å²) in [6.45, 7) is 0.291. The van der Waals surface area contributed by atoms with E-state index in [0.717, 1.165) is 0 Å². The summed E-state index contributed by atoms with van der Waals surface area (Å²) >= 11 is 0. The molecule has 0 amide bonds. The maximum Gasteiger partial charge on any atom is 0.129 e. The molecule has 1 aromatic carbocycles. The van der Waals surface area contributed by atoms with Gasteiger partial charge in [-0.25, -0.2) is 4.39 Å². The van der Waals surface area contributed by atoms with Gasteiger partial charge in [0.1, 0.15) is 11.6 Å². The number of nitrogens with two attached hydrogens (primary N) is 1. The van der Waals surface area contributed by atoms with Crippen molar-refractivity contribution in [2.75, 3.05) is 6.61 Å². The average Bonchev–Trinajstić information content (AvgIpc) is 2.18. The second-order valence-corrected chi connectivity index (χ2v) is 3.39. The summed E-state index contributed by atoms with van der Waals surface area (Å²) in [5.74, 6) is 0.168. The quantitative estimate of drug-likeness (QED) is 0.708. The molecule has 0 aliphatic carbocycles. The first kappa shape index (κ1) is 9.43. The van der Waals surface area contributed by atoms with Crippen molar-refractivity contribution in [3.05, 3.63) is 29.1 Å². The number of benzene rings is 1. The zero-order valence-corrected chi connectivity index (χ0v) is 7.66. The molecule has 1 aliphatic heterocycles. The lowest BCUT2D eigenvalue weighted by Gasteiger charge is -2.24. The molecular weight excluding hydrogens is 185 g/mol. The Bertz CT molecular complexity index is 354. The lowest BCUT2D eigenvalue weighted by Crippen LogP contribution is -2.21. The van der Waals surface area contributed by atoms with Gasteiger partial charge >= 0.3 is 0 Å². The summed E-state index contributed by atoms with van der Waals surface area (Å²) in [6.07, 6.45) is 0.682. The third kappa shape index (κ3) is 1.47. The molecule has 0 unspecified atom stereocenters. The van der Waals surface area contributed by atoms with Crippen molar-refractivity contribution in [3.8, 4) is 5.75 Å². The van der Waals surface area contributed by atoms with Crippen molar-refractivity contribution in [1.29, 1.82) is 0 Å². The molecule has 1 aliphatic rings. The van der Waals surface area contributed by atoms with Gasteiger partial charge < -0.3 is 15.6 Å². The highest BCUT2D eigenvalue weighted by Gasteiger charge is 2.21. The Morgan fingerprint density at radius 3 is 3.07 bits per heavy atom. The van der Waals surface area contributed by atoms with Gasteiger partial charge in [0.2, 0.25) is 0 Å². The van der Waals surface area contributed by atoms with Crippen molar-refractivity contribution in [2.45, 2.75) is 19.1 Å². The first-order chi connectivity index (χ1) is 6.72. The Hall–Kier alpha value is -1.13. The number of hydrogen-bond acceptors (Lipinski definition) is 3. The Morgan fingerprint density at radius 1 is 1.57 bits per heavy atom. The van der Waals surface area contributed by atoms with Crippen molar-refractivity contribution >= 4 is 0 Å². The molecular formula is C10H12FNO2. The maximum atomic E-state index is 13.1. The van der Waals surface area contributed by atoms with Crippen LogP contribution in [-0.4, -0.2) is 11.7 Å². The molecule has 3 N–H and O–H groups in total. The lowest BCUT2D eigenvalue weighted by atomic mass is 9.98. The van der Waals surface area contributed by atoms with Crippen LogP contribution in [0.2, 0.25) is 0 Å². The Balaban J connectivity index is 2.54. The summed E-state index contributed by atoms with van der Waals surface area (Å²) in [5.41, 5.74) is 6.93. The normalized spacial score (nSPS) is 20.1. The second kappa shape index (κ2) is 3.55. The molecule has 0 fully saturated rings. The predicted molar refractivity (Wildman–Crippen MR) is 49.4 cm³/mol. The third-order valence-corrected chi connectivity index (χ3v) is 2.40. The van der Waals surface area contributed by atoms with Crippen molar-refractivity contribution in [2.24, 2.45) is 5.73 Å². The van der Waals surface area contributed by atoms with E-state index in [-0.39, 0.29) is 18.5 Å². The number of rotatable bonds is 1. The SMILES string of the molecule is N[C@H]1CCOc2c(CO)cc(F)cc21. The van der Waals surface area contributed by atoms with E-state index in [1.807, 2.05) is 0 Å². The molecule has 0 radical (unpaired) electrons. The summed E-state index contributed by atoms with van der Waals surface area (Å²) in [7, 11) is 0. The smallest absolute Gasteiger partial charge is 0.129 e. The van der Waals surface area contributed by atoms with E-state index >= 15 is 0 Å². The summed E-state index contributed by atoms with van der Waals surface area (Å²) in [5, 5.41) is 9.02. The molecule has 0 aromatic heterocycles. The van der Waals surface area contributed by atoms with Crippen LogP contribution >= 0.6 is 0 Å². The number of ether oxygens (including phenoxy) is 1. The van der Waals surface area contributed by atoms with Crippen molar-refractivity contribution < 1.29 is 14.2 Å². The lowest BCUT2D eigenvalue weighted by molar-refractivity contribution is 0.241. The molecule has 3 nitrogen and oxygen atoms in total. The number of aliphatic hydroxyl groups is 1. The molecule has 4 heteroatoms. The van der Waals surface area contributed by atoms with E-state index < -0.39 is 0 Å². The third-order valence-electron chi connectivity index (χ3n) is 2.40. The summed E-state index contributed by atoms with van der Waals surface area (Å²) in [6, 6.07) is 2.45. The summed E-state index contributed by atoms with van der Waals surface area (Å²) in [4.78, 5) is 0. The Kier molecular flexibility index (Phi) is 2.39. The van der Waals surface area contributed by atoms with Gasteiger partial charge in [-0.15, -0.1) is 0 Å². The predicted octanol–water partition coefficient (Wildman–Crippen LogP) is 1.10. The van der Waals surface area contributed by atoms with Gasteiger partial charge in [0, 0.05) is 23.6 Å². The number of aliphatic hydroxyl groups excluding tert-OH is 1. The molecule has 1 atom stereocenters. The van der Waals surface area contributed by atoms with Crippen LogP contribution in [0.1, 0.15) is 23.6 Å². The van der Waals surface area contributed by atoms with Gasteiger partial charge in [-0.1, -0.05) is 0 Å². The van der Waals surface area contributed by atoms with Crippen LogP contribution < -0.4 is 10.5 Å². The zero-order valence-electron chi connectivity index (χ0n) is 7.66. The van der Waals surface area contributed by atoms with Crippen LogP contribution in [0.5, 0.6) is 5.75 Å². The first-order valence-electron chi connectivity index (χ1n) is 4.54. The van der Waals surface area contributed by atoms with Gasteiger partial charge in [-0.3, -0.25) is 0 Å². The fourth-order valence-corrected chi connectivity index (χ4v) is 1.69. The van der Waals surface area contributed by atoms with Crippen molar-refractivity contribution in [3.63, 3.8) is 0 Å². The molecule has 1 aromatic rings. The number of hydrogen-bond donors (Lipinski definition) is 2. The Morgan fingerprint density at radius 2 is 2.36 bits per heavy atom. The van der Waals surface area contributed by atoms with E-state index in [1.165, 1.54) is 12.1 Å². The number of fused-ring (bicyclic) bond motifs is 1. The van der Waals surface area contributed by atoms with Gasteiger partial charge in [0.15, 0.2) is 0 Å². The minimum atomic E-state index is -0.381. The van der Waals surface area contributed by atoms with Crippen LogP contribution in [-0.2, 0) is 6.61 Å². The van der Waals surface area contributed by atoms with E-state index in [0.29, 0.717) is 29.9 Å². The van der Waals surface area contributed by atoms with Gasteiger partial charge in [0.25, 0.3) is 0 Å². The summed E-state index contributed by atoms with van der Waals surface area (Å²) < 4.78 is 18.5. The maximum absolute atomic E-state index is 13.1. The van der Waals surface area contributed by atoms with E-state index in [1.54, 1.807) is 0 Å².